The first-order valence-corrected chi connectivity index (χ1v) is 9.64. The minimum Gasteiger partial charge on any atom is -0.492 e. The van der Waals surface area contributed by atoms with E-state index in [0.717, 1.165) is 25.9 Å². The molecule has 26 heavy (non-hydrogen) atoms. The van der Waals surface area contributed by atoms with Gasteiger partial charge in [0.1, 0.15) is 5.75 Å². The molecule has 2 aromatic rings. The lowest BCUT2D eigenvalue weighted by atomic mass is 9.91. The fraction of sp³-hybridized carbons (Fsp3) is 0.400. The predicted octanol–water partition coefficient (Wildman–Crippen LogP) is 4.95. The summed E-state index contributed by atoms with van der Waals surface area (Å²) < 4.78 is 5.65. The number of hydrogen-bond acceptors (Lipinski definition) is 3. The molecule has 1 aromatic carbocycles. The minimum atomic E-state index is 0.189. The molecule has 6 heteroatoms. The Morgan fingerprint density at radius 1 is 1.23 bits per heavy atom. The first-order valence-electron chi connectivity index (χ1n) is 8.89. The second-order valence-corrected chi connectivity index (χ2v) is 7.33. The van der Waals surface area contributed by atoms with Crippen molar-refractivity contribution in [3.63, 3.8) is 0 Å². The van der Waals surface area contributed by atoms with Gasteiger partial charge in [-0.05, 0) is 55.2 Å². The Hall–Kier alpha value is -1.78. The molecule has 2 heterocycles. The molecule has 0 bridgehead atoms. The standard InChI is InChI=1S/C20H22Cl2N2O2/c21-17-5-6-19(18(22)13-17)26-12-2-4-20(25)24-11-1-3-16(14-24)15-7-9-23-10-8-15/h5-10,13,16H,1-4,11-12,14H2/t16-/m1/s1. The van der Waals surface area contributed by atoms with E-state index in [9.17, 15) is 4.79 Å². The monoisotopic (exact) mass is 392 g/mol. The summed E-state index contributed by atoms with van der Waals surface area (Å²) in [4.78, 5) is 18.6. The topological polar surface area (TPSA) is 42.4 Å². The van der Waals surface area contributed by atoms with E-state index >= 15 is 0 Å². The zero-order valence-electron chi connectivity index (χ0n) is 14.5. The highest BCUT2D eigenvalue weighted by Crippen LogP contribution is 2.28. The Balaban J connectivity index is 1.44. The largest absolute Gasteiger partial charge is 0.492 e. The van der Waals surface area contributed by atoms with Crippen LogP contribution in [0.3, 0.4) is 0 Å². The van der Waals surface area contributed by atoms with Crippen LogP contribution in [0.15, 0.2) is 42.7 Å². The van der Waals surface area contributed by atoms with Gasteiger partial charge in [0.15, 0.2) is 0 Å². The maximum absolute atomic E-state index is 12.5. The SMILES string of the molecule is O=C(CCCOc1ccc(Cl)cc1Cl)N1CCC[C@@H](c2ccncc2)C1. The smallest absolute Gasteiger partial charge is 0.222 e. The Morgan fingerprint density at radius 2 is 2.04 bits per heavy atom. The third kappa shape index (κ3) is 5.12. The number of halogens is 2. The fourth-order valence-electron chi connectivity index (χ4n) is 3.27. The van der Waals surface area contributed by atoms with Crippen molar-refractivity contribution < 1.29 is 9.53 Å². The molecule has 1 saturated heterocycles. The molecule has 1 fully saturated rings. The van der Waals surface area contributed by atoms with E-state index in [-0.39, 0.29) is 5.91 Å². The van der Waals surface area contributed by atoms with E-state index in [1.807, 2.05) is 29.4 Å². The summed E-state index contributed by atoms with van der Waals surface area (Å²) in [7, 11) is 0. The van der Waals surface area contributed by atoms with E-state index < -0.39 is 0 Å². The Morgan fingerprint density at radius 3 is 2.81 bits per heavy atom. The summed E-state index contributed by atoms with van der Waals surface area (Å²) in [5.74, 6) is 1.19. The van der Waals surface area contributed by atoms with Crippen LogP contribution in [0, 0.1) is 0 Å². The predicted molar refractivity (Wildman–Crippen MR) is 104 cm³/mol. The van der Waals surface area contributed by atoms with Gasteiger partial charge in [-0.25, -0.2) is 0 Å². The van der Waals surface area contributed by atoms with E-state index in [1.165, 1.54) is 5.56 Å². The Kier molecular flexibility index (Phi) is 6.75. The molecule has 0 spiro atoms. The van der Waals surface area contributed by atoms with E-state index in [1.54, 1.807) is 18.2 Å². The van der Waals surface area contributed by atoms with Crippen molar-refractivity contribution in [3.8, 4) is 5.75 Å². The second-order valence-electron chi connectivity index (χ2n) is 6.49. The number of ether oxygens (including phenoxy) is 1. The molecule has 0 unspecified atom stereocenters. The molecular formula is C20H22Cl2N2O2. The number of likely N-dealkylation sites (tertiary alicyclic amines) is 1. The summed E-state index contributed by atoms with van der Waals surface area (Å²) >= 11 is 11.9. The van der Waals surface area contributed by atoms with Crippen molar-refractivity contribution in [1.82, 2.24) is 9.88 Å². The highest BCUT2D eigenvalue weighted by molar-refractivity contribution is 6.35. The van der Waals surface area contributed by atoms with Crippen molar-refractivity contribution in [3.05, 3.63) is 58.3 Å². The third-order valence-corrected chi connectivity index (χ3v) is 5.17. The normalized spacial score (nSPS) is 17.2. The Bertz CT molecular complexity index is 740. The molecule has 1 aliphatic rings. The minimum absolute atomic E-state index is 0.189. The summed E-state index contributed by atoms with van der Waals surface area (Å²) in [5, 5.41) is 1.06. The molecule has 0 radical (unpaired) electrons. The summed E-state index contributed by atoms with van der Waals surface area (Å²) in [6.45, 7) is 2.08. The lowest BCUT2D eigenvalue weighted by molar-refractivity contribution is -0.132. The number of carbonyl (C=O) groups excluding carboxylic acids is 1. The molecule has 1 aliphatic heterocycles. The molecule has 4 nitrogen and oxygen atoms in total. The summed E-state index contributed by atoms with van der Waals surface area (Å²) in [6, 6.07) is 9.22. The maximum atomic E-state index is 12.5. The van der Waals surface area contributed by atoms with Crippen molar-refractivity contribution >= 4 is 29.1 Å². The zero-order valence-corrected chi connectivity index (χ0v) is 16.0. The number of aromatic nitrogens is 1. The van der Waals surface area contributed by atoms with Gasteiger partial charge in [-0.2, -0.15) is 0 Å². The van der Waals surface area contributed by atoms with Gasteiger partial charge in [-0.15, -0.1) is 0 Å². The third-order valence-electron chi connectivity index (χ3n) is 4.64. The van der Waals surface area contributed by atoms with Crippen molar-refractivity contribution in [2.24, 2.45) is 0 Å². The molecule has 1 atom stereocenters. The van der Waals surface area contributed by atoms with Crippen LogP contribution < -0.4 is 4.74 Å². The van der Waals surface area contributed by atoms with Gasteiger partial charge in [0, 0.05) is 42.8 Å². The van der Waals surface area contributed by atoms with Crippen molar-refractivity contribution in [1.29, 1.82) is 0 Å². The number of carbonyl (C=O) groups is 1. The molecule has 0 aliphatic carbocycles. The number of pyridine rings is 1. The number of amides is 1. The molecule has 0 saturated carbocycles. The van der Waals surface area contributed by atoms with Gasteiger partial charge in [-0.1, -0.05) is 23.2 Å². The van der Waals surface area contributed by atoms with Gasteiger partial charge in [0.2, 0.25) is 5.91 Å². The van der Waals surface area contributed by atoms with Crippen LogP contribution in [-0.2, 0) is 4.79 Å². The average molecular weight is 393 g/mol. The summed E-state index contributed by atoms with van der Waals surface area (Å²) in [5.41, 5.74) is 1.26. The number of hydrogen-bond donors (Lipinski definition) is 0. The number of piperidine rings is 1. The van der Waals surface area contributed by atoms with Crippen LogP contribution >= 0.6 is 23.2 Å². The van der Waals surface area contributed by atoms with Gasteiger partial charge in [0.05, 0.1) is 11.6 Å². The number of benzene rings is 1. The molecule has 1 amide bonds. The lowest BCUT2D eigenvalue weighted by Crippen LogP contribution is -2.39. The number of rotatable bonds is 6. The van der Waals surface area contributed by atoms with Crippen molar-refractivity contribution in [2.45, 2.75) is 31.6 Å². The highest BCUT2D eigenvalue weighted by atomic mass is 35.5. The van der Waals surface area contributed by atoms with Gasteiger partial charge in [0.25, 0.3) is 0 Å². The first kappa shape index (κ1) is 19.0. The average Bonchev–Trinajstić information content (AvgIpc) is 2.67. The highest BCUT2D eigenvalue weighted by Gasteiger charge is 2.24. The van der Waals surface area contributed by atoms with Gasteiger partial charge in [-0.3, -0.25) is 9.78 Å². The van der Waals surface area contributed by atoms with Gasteiger partial charge >= 0.3 is 0 Å². The summed E-state index contributed by atoms with van der Waals surface area (Å²) in [6.07, 6.45) is 6.93. The second kappa shape index (κ2) is 9.24. The van der Waals surface area contributed by atoms with E-state index in [2.05, 4.69) is 4.98 Å². The molecule has 3 rings (SSSR count). The number of nitrogens with zero attached hydrogens (tertiary/aromatic N) is 2. The lowest BCUT2D eigenvalue weighted by Gasteiger charge is -2.33. The maximum Gasteiger partial charge on any atom is 0.222 e. The molecule has 1 aromatic heterocycles. The van der Waals surface area contributed by atoms with E-state index in [0.29, 0.717) is 41.2 Å². The van der Waals surface area contributed by atoms with Crippen LogP contribution in [0.4, 0.5) is 0 Å². The first-order chi connectivity index (χ1) is 12.6. The Labute approximate surface area is 164 Å². The molecular weight excluding hydrogens is 371 g/mol. The molecule has 0 N–H and O–H groups in total. The quantitative estimate of drug-likeness (QED) is 0.652. The van der Waals surface area contributed by atoms with Crippen LogP contribution in [0.25, 0.3) is 0 Å². The van der Waals surface area contributed by atoms with Crippen LogP contribution in [0.2, 0.25) is 10.0 Å². The van der Waals surface area contributed by atoms with E-state index in [4.69, 9.17) is 27.9 Å². The van der Waals surface area contributed by atoms with Crippen LogP contribution in [0.1, 0.15) is 37.2 Å². The zero-order chi connectivity index (χ0) is 18.4. The fourth-order valence-corrected chi connectivity index (χ4v) is 3.73. The van der Waals surface area contributed by atoms with Crippen molar-refractivity contribution in [2.75, 3.05) is 19.7 Å². The molecule has 138 valence electrons. The van der Waals surface area contributed by atoms with Crippen LogP contribution in [0.5, 0.6) is 5.75 Å². The van der Waals surface area contributed by atoms with Crippen LogP contribution in [-0.4, -0.2) is 35.5 Å². The van der Waals surface area contributed by atoms with Gasteiger partial charge < -0.3 is 9.64 Å².